The van der Waals surface area contributed by atoms with Crippen molar-refractivity contribution in [2.24, 2.45) is 5.92 Å². The Hall–Kier alpha value is -4.90. The van der Waals surface area contributed by atoms with Crippen LogP contribution in [0.4, 0.5) is 0 Å². The number of Topliss-reactive ketones (excluding diaryl/α,β-unsaturated/α-hetero) is 2. The van der Waals surface area contributed by atoms with Crippen molar-refractivity contribution in [3.05, 3.63) is 0 Å². The van der Waals surface area contributed by atoms with E-state index in [-0.39, 0.29) is 56.5 Å². The lowest BCUT2D eigenvalue weighted by Gasteiger charge is -2.18. The molecule has 0 aromatic heterocycles. The lowest BCUT2D eigenvalue weighted by Crippen LogP contribution is -2.45. The van der Waals surface area contributed by atoms with Crippen molar-refractivity contribution in [2.45, 2.75) is 179 Å². The van der Waals surface area contributed by atoms with Crippen LogP contribution in [0.3, 0.4) is 0 Å². The number of ketones is 2. The third kappa shape index (κ3) is 29.1. The first-order valence-electron chi connectivity index (χ1n) is 19.9. The molecule has 57 heavy (non-hydrogen) atoms. The second kappa shape index (κ2) is 31.2. The Morgan fingerprint density at radius 2 is 0.702 bits per heavy atom. The molecule has 0 bridgehead atoms. The van der Waals surface area contributed by atoms with Gasteiger partial charge in [-0.1, -0.05) is 57.8 Å². The molecule has 0 aliphatic rings. The van der Waals surface area contributed by atoms with Gasteiger partial charge in [-0.05, 0) is 58.3 Å². The van der Waals surface area contributed by atoms with Crippen LogP contribution in [0.15, 0.2) is 0 Å². The van der Waals surface area contributed by atoms with Gasteiger partial charge in [0.25, 0.3) is 0 Å². The van der Waals surface area contributed by atoms with Crippen LogP contribution in [0.5, 0.6) is 0 Å². The number of aliphatic carboxylic acids is 5. The Bertz CT molecular complexity index is 1340. The van der Waals surface area contributed by atoms with Crippen LogP contribution in [0, 0.1) is 5.92 Å². The molecule has 0 spiro atoms. The molecule has 324 valence electrons. The molecule has 0 aromatic carbocycles. The minimum Gasteiger partial charge on any atom is -0.481 e. The number of amides is 3. The van der Waals surface area contributed by atoms with Crippen molar-refractivity contribution < 1.29 is 73.5 Å². The number of carbonyl (C=O) groups is 10. The maximum atomic E-state index is 12.5. The quantitative estimate of drug-likeness (QED) is 0.0411. The third-order valence-electron chi connectivity index (χ3n) is 9.43. The SMILES string of the molecule is CC(=O)CCC(NC(=O)CCC(NC(=O)CCC(NC(=O)CCC(CCCC(=O)CCCCCCCCCCCCCC(=O)O)C(=O)O)C(=O)O)C(=O)O)C(=O)O. The normalized spacial score (nSPS) is 13.0. The first-order valence-corrected chi connectivity index (χ1v) is 19.9. The summed E-state index contributed by atoms with van der Waals surface area (Å²) in [5.41, 5.74) is 0. The van der Waals surface area contributed by atoms with Crippen LogP contribution in [0.2, 0.25) is 0 Å². The Morgan fingerprint density at radius 1 is 0.368 bits per heavy atom. The Balaban J connectivity index is 4.49. The van der Waals surface area contributed by atoms with Gasteiger partial charge in [-0.3, -0.25) is 28.8 Å². The fraction of sp³-hybridized carbons (Fsp3) is 0.744. The Labute approximate surface area is 333 Å². The topological polar surface area (TPSA) is 308 Å². The van der Waals surface area contributed by atoms with E-state index >= 15 is 0 Å². The van der Waals surface area contributed by atoms with Gasteiger partial charge in [-0.2, -0.15) is 0 Å². The summed E-state index contributed by atoms with van der Waals surface area (Å²) in [5.74, 6) is -9.92. The largest absolute Gasteiger partial charge is 0.481 e. The summed E-state index contributed by atoms with van der Waals surface area (Å²) in [6, 6.07) is -4.49. The van der Waals surface area contributed by atoms with Crippen LogP contribution in [0.1, 0.15) is 161 Å². The number of carboxylic acids is 5. The van der Waals surface area contributed by atoms with Crippen molar-refractivity contribution in [1.29, 1.82) is 0 Å². The molecular formula is C39H63N3O15. The molecule has 0 saturated heterocycles. The molecule has 18 heteroatoms. The molecule has 0 fully saturated rings. The second-order valence-electron chi connectivity index (χ2n) is 14.5. The van der Waals surface area contributed by atoms with Crippen molar-refractivity contribution in [3.8, 4) is 0 Å². The van der Waals surface area contributed by atoms with Crippen LogP contribution in [0.25, 0.3) is 0 Å². The summed E-state index contributed by atoms with van der Waals surface area (Å²) in [6.07, 6.45) is 9.84. The summed E-state index contributed by atoms with van der Waals surface area (Å²) in [7, 11) is 0. The Kier molecular flexibility index (Phi) is 28.5. The number of nitrogens with one attached hydrogen (secondary N) is 3. The Morgan fingerprint density at radius 3 is 1.05 bits per heavy atom. The lowest BCUT2D eigenvalue weighted by atomic mass is 9.95. The van der Waals surface area contributed by atoms with E-state index in [0.717, 1.165) is 70.6 Å². The van der Waals surface area contributed by atoms with Crippen LogP contribution in [-0.4, -0.2) is 103 Å². The zero-order valence-electron chi connectivity index (χ0n) is 33.1. The average Bonchev–Trinajstić information content (AvgIpc) is 3.12. The van der Waals surface area contributed by atoms with E-state index < -0.39 is 97.3 Å². The maximum Gasteiger partial charge on any atom is 0.326 e. The monoisotopic (exact) mass is 813 g/mol. The van der Waals surface area contributed by atoms with Gasteiger partial charge in [0.15, 0.2) is 0 Å². The fourth-order valence-corrected chi connectivity index (χ4v) is 6.03. The highest BCUT2D eigenvalue weighted by atomic mass is 16.4. The molecule has 18 nitrogen and oxygen atoms in total. The highest BCUT2D eigenvalue weighted by Crippen LogP contribution is 2.18. The van der Waals surface area contributed by atoms with Crippen LogP contribution < -0.4 is 16.0 Å². The maximum absolute atomic E-state index is 12.5. The minimum atomic E-state index is -1.57. The molecule has 0 aliphatic heterocycles. The van der Waals surface area contributed by atoms with Gasteiger partial charge in [0.2, 0.25) is 17.7 Å². The fourth-order valence-electron chi connectivity index (χ4n) is 6.03. The highest BCUT2D eigenvalue weighted by molar-refractivity contribution is 5.87. The van der Waals surface area contributed by atoms with Crippen LogP contribution >= 0.6 is 0 Å². The smallest absolute Gasteiger partial charge is 0.326 e. The average molecular weight is 814 g/mol. The third-order valence-corrected chi connectivity index (χ3v) is 9.43. The summed E-state index contributed by atoms with van der Waals surface area (Å²) >= 11 is 0. The first kappa shape index (κ1) is 52.1. The van der Waals surface area contributed by atoms with E-state index in [1.807, 2.05) is 0 Å². The second-order valence-corrected chi connectivity index (χ2v) is 14.5. The number of carbonyl (C=O) groups excluding carboxylic acids is 5. The zero-order chi connectivity index (χ0) is 43.2. The zero-order valence-corrected chi connectivity index (χ0v) is 33.1. The van der Waals surface area contributed by atoms with Crippen molar-refractivity contribution in [1.82, 2.24) is 16.0 Å². The molecule has 4 atom stereocenters. The van der Waals surface area contributed by atoms with Crippen molar-refractivity contribution >= 4 is 59.1 Å². The number of rotatable bonds is 37. The molecule has 8 N–H and O–H groups in total. The molecule has 4 unspecified atom stereocenters. The summed E-state index contributed by atoms with van der Waals surface area (Å²) in [4.78, 5) is 118. The molecule has 3 amide bonds. The molecule has 0 radical (unpaired) electrons. The number of hydrogen-bond acceptors (Lipinski definition) is 10. The van der Waals surface area contributed by atoms with E-state index in [9.17, 15) is 68.4 Å². The highest BCUT2D eigenvalue weighted by Gasteiger charge is 2.27. The van der Waals surface area contributed by atoms with Crippen molar-refractivity contribution in [2.75, 3.05) is 0 Å². The summed E-state index contributed by atoms with van der Waals surface area (Å²) in [5, 5.41) is 53.1. The molecule has 0 saturated carbocycles. The molecular weight excluding hydrogens is 750 g/mol. The predicted octanol–water partition coefficient (Wildman–Crippen LogP) is 4.00. The van der Waals surface area contributed by atoms with Gasteiger partial charge in [-0.15, -0.1) is 0 Å². The van der Waals surface area contributed by atoms with E-state index in [4.69, 9.17) is 5.11 Å². The number of hydrogen-bond donors (Lipinski definition) is 8. The molecule has 0 rings (SSSR count). The van der Waals surface area contributed by atoms with E-state index in [2.05, 4.69) is 16.0 Å². The molecule has 0 heterocycles. The van der Waals surface area contributed by atoms with Gasteiger partial charge in [-0.25, -0.2) is 14.4 Å². The molecule has 0 aromatic rings. The van der Waals surface area contributed by atoms with Gasteiger partial charge >= 0.3 is 29.8 Å². The van der Waals surface area contributed by atoms with Crippen LogP contribution in [-0.2, 0) is 47.9 Å². The molecule has 0 aliphatic carbocycles. The van der Waals surface area contributed by atoms with Gasteiger partial charge in [0, 0.05) is 44.9 Å². The van der Waals surface area contributed by atoms with Gasteiger partial charge < -0.3 is 46.3 Å². The predicted molar refractivity (Wildman–Crippen MR) is 204 cm³/mol. The van der Waals surface area contributed by atoms with Gasteiger partial charge in [0.05, 0.1) is 5.92 Å². The summed E-state index contributed by atoms with van der Waals surface area (Å²) < 4.78 is 0. The van der Waals surface area contributed by atoms with Crippen molar-refractivity contribution in [3.63, 3.8) is 0 Å². The van der Waals surface area contributed by atoms with E-state index in [0.29, 0.717) is 12.8 Å². The minimum absolute atomic E-state index is 0.0413. The number of carboxylic acid groups (broad SMARTS) is 5. The van der Waals surface area contributed by atoms with Gasteiger partial charge in [0.1, 0.15) is 29.7 Å². The van der Waals surface area contributed by atoms with E-state index in [1.54, 1.807) is 0 Å². The standard InChI is InChI=1S/C39H63N3O15/c1-26(43)18-20-29(37(52)53)40-33(46)24-22-31(39(56)57)42-34(47)25-21-30(38(54)55)41-32(45)23-19-27(36(50)51)14-13-16-28(44)15-11-9-7-5-3-2-4-6-8-10-12-17-35(48)49/h27,29-31H,2-25H2,1H3,(H,40,46)(H,41,45)(H,42,47)(H,48,49)(H,50,51)(H,52,53)(H,54,55)(H,56,57). The number of unbranched alkanes of at least 4 members (excludes halogenated alkanes) is 10. The first-order chi connectivity index (χ1) is 26.9. The van der Waals surface area contributed by atoms with E-state index in [1.165, 1.54) is 6.92 Å². The summed E-state index contributed by atoms with van der Waals surface area (Å²) in [6.45, 7) is 1.26. The lowest BCUT2D eigenvalue weighted by molar-refractivity contribution is -0.144.